The lowest BCUT2D eigenvalue weighted by atomic mass is 9.70. The van der Waals surface area contributed by atoms with Crippen LogP contribution in [0.4, 0.5) is 0 Å². The Bertz CT molecular complexity index is 358. The topological polar surface area (TPSA) is 43.4 Å². The van der Waals surface area contributed by atoms with E-state index in [-0.39, 0.29) is 29.7 Å². The Balaban J connectivity index is 2.33. The molecular formula is C14H20O3. The van der Waals surface area contributed by atoms with Gasteiger partial charge in [0.1, 0.15) is 5.41 Å². The van der Waals surface area contributed by atoms with Crippen molar-refractivity contribution in [3.8, 4) is 0 Å². The van der Waals surface area contributed by atoms with Gasteiger partial charge in [-0.25, -0.2) is 0 Å². The van der Waals surface area contributed by atoms with Gasteiger partial charge in [-0.05, 0) is 33.1 Å². The molecule has 3 heteroatoms. The van der Waals surface area contributed by atoms with Gasteiger partial charge in [0.15, 0.2) is 5.78 Å². The number of carbonyl (C=O) groups is 2. The molecule has 0 N–H and O–H groups in total. The van der Waals surface area contributed by atoms with Crippen molar-refractivity contribution in [1.82, 2.24) is 0 Å². The summed E-state index contributed by atoms with van der Waals surface area (Å²) >= 11 is 0. The zero-order chi connectivity index (χ0) is 12.6. The lowest BCUT2D eigenvalue weighted by molar-refractivity contribution is -0.166. The van der Waals surface area contributed by atoms with Crippen LogP contribution in [0.25, 0.3) is 0 Å². The van der Waals surface area contributed by atoms with E-state index in [9.17, 15) is 9.59 Å². The summed E-state index contributed by atoms with van der Waals surface area (Å²) in [6.07, 6.45) is 4.86. The van der Waals surface area contributed by atoms with E-state index >= 15 is 0 Å². The summed E-state index contributed by atoms with van der Waals surface area (Å²) in [6.45, 7) is 7.42. The summed E-state index contributed by atoms with van der Waals surface area (Å²) in [6, 6.07) is 0. The minimum Gasteiger partial charge on any atom is -0.462 e. The fraction of sp³-hybridized carbons (Fsp3) is 0.714. The molecule has 0 unspecified atom stereocenters. The van der Waals surface area contributed by atoms with Crippen molar-refractivity contribution in [2.75, 3.05) is 0 Å². The van der Waals surface area contributed by atoms with Crippen LogP contribution in [-0.4, -0.2) is 17.9 Å². The van der Waals surface area contributed by atoms with Crippen LogP contribution in [-0.2, 0) is 14.3 Å². The molecule has 2 fully saturated rings. The quantitative estimate of drug-likeness (QED) is 0.429. The molecule has 0 spiro atoms. The average molecular weight is 236 g/mol. The van der Waals surface area contributed by atoms with Crippen LogP contribution < -0.4 is 0 Å². The minimum absolute atomic E-state index is 0.0336. The SMILES string of the molecule is C=C[C@H]1C[C@H]2CCC[C@]1(C(=O)OC(C)C)C2=O. The van der Waals surface area contributed by atoms with Crippen LogP contribution in [0.15, 0.2) is 12.7 Å². The van der Waals surface area contributed by atoms with Crippen LogP contribution in [0.3, 0.4) is 0 Å². The molecular weight excluding hydrogens is 216 g/mol. The number of ketones is 1. The molecule has 94 valence electrons. The summed E-state index contributed by atoms with van der Waals surface area (Å²) in [7, 11) is 0. The Morgan fingerprint density at radius 1 is 1.59 bits per heavy atom. The van der Waals surface area contributed by atoms with E-state index in [1.807, 2.05) is 13.8 Å². The van der Waals surface area contributed by atoms with Crippen LogP contribution >= 0.6 is 0 Å². The molecule has 3 nitrogen and oxygen atoms in total. The average Bonchev–Trinajstić information content (AvgIpc) is 2.46. The third kappa shape index (κ3) is 1.72. The monoisotopic (exact) mass is 236 g/mol. The maximum Gasteiger partial charge on any atom is 0.320 e. The van der Waals surface area contributed by atoms with Gasteiger partial charge in [-0.3, -0.25) is 9.59 Å². The highest BCUT2D eigenvalue weighted by molar-refractivity contribution is 6.07. The Morgan fingerprint density at radius 3 is 2.88 bits per heavy atom. The van der Waals surface area contributed by atoms with Gasteiger partial charge in [-0.1, -0.05) is 12.5 Å². The third-order valence-corrected chi connectivity index (χ3v) is 4.10. The smallest absolute Gasteiger partial charge is 0.320 e. The fourth-order valence-electron chi connectivity index (χ4n) is 3.32. The van der Waals surface area contributed by atoms with E-state index in [0.29, 0.717) is 6.42 Å². The van der Waals surface area contributed by atoms with Crippen molar-refractivity contribution in [2.45, 2.75) is 45.6 Å². The molecule has 0 aliphatic heterocycles. The van der Waals surface area contributed by atoms with Crippen LogP contribution in [0, 0.1) is 17.3 Å². The molecule has 2 bridgehead atoms. The third-order valence-electron chi connectivity index (χ3n) is 4.10. The van der Waals surface area contributed by atoms with E-state index in [1.54, 1.807) is 6.08 Å². The number of esters is 1. The first-order valence-corrected chi connectivity index (χ1v) is 6.40. The molecule has 0 saturated heterocycles. The minimum atomic E-state index is -0.908. The van der Waals surface area contributed by atoms with E-state index in [2.05, 4.69) is 6.58 Å². The molecule has 0 aromatic heterocycles. The highest BCUT2D eigenvalue weighted by Crippen LogP contribution is 2.53. The Kier molecular flexibility index (Phi) is 3.11. The van der Waals surface area contributed by atoms with Gasteiger partial charge in [0.25, 0.3) is 0 Å². The van der Waals surface area contributed by atoms with E-state index in [1.165, 1.54) is 0 Å². The first-order chi connectivity index (χ1) is 8.02. The summed E-state index contributed by atoms with van der Waals surface area (Å²) in [4.78, 5) is 24.6. The molecule has 0 radical (unpaired) electrons. The number of hydrogen-bond acceptors (Lipinski definition) is 3. The Hall–Kier alpha value is -1.12. The molecule has 0 heterocycles. The Morgan fingerprint density at radius 2 is 2.29 bits per heavy atom. The van der Waals surface area contributed by atoms with Gasteiger partial charge in [-0.2, -0.15) is 0 Å². The second-order valence-corrected chi connectivity index (χ2v) is 5.46. The Labute approximate surface area is 102 Å². The van der Waals surface area contributed by atoms with Crippen LogP contribution in [0.2, 0.25) is 0 Å². The highest BCUT2D eigenvalue weighted by Gasteiger charge is 2.61. The molecule has 0 aromatic carbocycles. The number of hydrogen-bond donors (Lipinski definition) is 0. The van der Waals surface area contributed by atoms with Gasteiger partial charge in [0.05, 0.1) is 6.10 Å². The van der Waals surface area contributed by atoms with Gasteiger partial charge in [-0.15, -0.1) is 6.58 Å². The number of Topliss-reactive ketones (excluding diaryl/α,β-unsaturated/α-hetero) is 1. The van der Waals surface area contributed by atoms with Crippen molar-refractivity contribution in [3.63, 3.8) is 0 Å². The molecule has 2 saturated carbocycles. The predicted molar refractivity (Wildman–Crippen MR) is 64.3 cm³/mol. The molecule has 0 aromatic rings. The molecule has 2 rings (SSSR count). The maximum atomic E-state index is 12.4. The van der Waals surface area contributed by atoms with Gasteiger partial charge < -0.3 is 4.74 Å². The molecule has 2 aliphatic rings. The summed E-state index contributed by atoms with van der Waals surface area (Å²) in [5, 5.41) is 0. The van der Waals surface area contributed by atoms with Gasteiger partial charge >= 0.3 is 5.97 Å². The summed E-state index contributed by atoms with van der Waals surface area (Å²) < 4.78 is 5.31. The zero-order valence-electron chi connectivity index (χ0n) is 10.6. The second kappa shape index (κ2) is 4.28. The van der Waals surface area contributed by atoms with Crippen molar-refractivity contribution < 1.29 is 14.3 Å². The molecule has 2 aliphatic carbocycles. The standard InChI is InChI=1S/C14H20O3/c1-4-11-8-10-6-5-7-14(11,12(10)15)13(16)17-9(2)3/h4,9-11H,1,5-8H2,2-3H3/t10-,11+,14-/m1/s1. The highest BCUT2D eigenvalue weighted by atomic mass is 16.5. The van der Waals surface area contributed by atoms with Gasteiger partial charge in [0, 0.05) is 11.8 Å². The van der Waals surface area contributed by atoms with Crippen LogP contribution in [0.1, 0.15) is 39.5 Å². The molecule has 3 atom stereocenters. The van der Waals surface area contributed by atoms with E-state index in [4.69, 9.17) is 4.74 Å². The normalized spacial score (nSPS) is 36.1. The van der Waals surface area contributed by atoms with Crippen molar-refractivity contribution in [1.29, 1.82) is 0 Å². The van der Waals surface area contributed by atoms with Crippen molar-refractivity contribution in [2.24, 2.45) is 17.3 Å². The lowest BCUT2D eigenvalue weighted by Gasteiger charge is -2.33. The van der Waals surface area contributed by atoms with Gasteiger partial charge in [0.2, 0.25) is 0 Å². The largest absolute Gasteiger partial charge is 0.462 e. The predicted octanol–water partition coefficient (Wildman–Crippen LogP) is 2.50. The van der Waals surface area contributed by atoms with E-state index < -0.39 is 5.41 Å². The number of ether oxygens (including phenoxy) is 1. The lowest BCUT2D eigenvalue weighted by Crippen LogP contribution is -2.45. The first kappa shape index (κ1) is 12.3. The summed E-state index contributed by atoms with van der Waals surface area (Å²) in [5.41, 5.74) is -0.908. The van der Waals surface area contributed by atoms with Crippen molar-refractivity contribution in [3.05, 3.63) is 12.7 Å². The molecule has 0 amide bonds. The number of fused-ring (bicyclic) bond motifs is 2. The zero-order valence-corrected chi connectivity index (χ0v) is 10.6. The number of allylic oxidation sites excluding steroid dienone is 1. The molecule has 17 heavy (non-hydrogen) atoms. The van der Waals surface area contributed by atoms with E-state index in [0.717, 1.165) is 19.3 Å². The summed E-state index contributed by atoms with van der Waals surface area (Å²) in [5.74, 6) is -0.218. The first-order valence-electron chi connectivity index (χ1n) is 6.40. The number of carbonyl (C=O) groups excluding carboxylic acids is 2. The van der Waals surface area contributed by atoms with Crippen LogP contribution in [0.5, 0.6) is 0 Å². The van der Waals surface area contributed by atoms with Crippen molar-refractivity contribution >= 4 is 11.8 Å². The maximum absolute atomic E-state index is 12.4. The second-order valence-electron chi connectivity index (χ2n) is 5.46. The fourth-order valence-corrected chi connectivity index (χ4v) is 3.32. The number of rotatable bonds is 3.